The second-order valence-corrected chi connectivity index (χ2v) is 12.9. The number of carbonyl (C=O) groups excluding carboxylic acids is 2. The van der Waals surface area contributed by atoms with E-state index in [1.54, 1.807) is 59.5 Å². The molecule has 2 amide bonds. The number of aryl methyl sites for hydroxylation is 1. The Morgan fingerprint density at radius 2 is 1.76 bits per heavy atom. The van der Waals surface area contributed by atoms with Gasteiger partial charge in [-0.2, -0.15) is 0 Å². The van der Waals surface area contributed by atoms with Crippen LogP contribution in [-0.4, -0.2) is 60.7 Å². The maximum absolute atomic E-state index is 15.0. The SMILES string of the molecule is Cc1ccc(C(=O)Nc2ccc(C(=O)N3CCc4c(sc(C(=O)O)c4F)-c4ccccc43)cc2)c(N2CC3(CCOCC3)C2)n1. The number of nitrogens with one attached hydrogen (secondary N) is 1. The predicted octanol–water partition coefficient (Wildman–Crippen LogP) is 6.03. The van der Waals surface area contributed by atoms with E-state index in [2.05, 4.69) is 10.2 Å². The zero-order chi connectivity index (χ0) is 31.3. The maximum Gasteiger partial charge on any atom is 0.348 e. The lowest BCUT2D eigenvalue weighted by atomic mass is 9.73. The van der Waals surface area contributed by atoms with E-state index in [-0.39, 0.29) is 35.1 Å². The Hall–Kier alpha value is -4.61. The number of aromatic carboxylic acids is 1. The van der Waals surface area contributed by atoms with Crippen LogP contribution in [0.5, 0.6) is 0 Å². The molecule has 2 fully saturated rings. The number of thiophene rings is 1. The summed E-state index contributed by atoms with van der Waals surface area (Å²) in [5, 5.41) is 12.4. The van der Waals surface area contributed by atoms with Crippen molar-refractivity contribution in [2.45, 2.75) is 26.2 Å². The number of fused-ring (bicyclic) bond motifs is 3. The molecule has 3 aliphatic rings. The maximum atomic E-state index is 15.0. The van der Waals surface area contributed by atoms with E-state index >= 15 is 4.39 Å². The first kappa shape index (κ1) is 29.1. The fraction of sp³-hybridized carbons (Fsp3) is 0.294. The van der Waals surface area contributed by atoms with E-state index in [0.29, 0.717) is 44.3 Å². The summed E-state index contributed by atoms with van der Waals surface area (Å²) >= 11 is 0.890. The third-order valence-corrected chi connectivity index (χ3v) is 10.2. The standard InChI is InChI=1S/C34H31FN4O5S/c1-20-6-11-25(30(36-20)38-18-34(19-38)13-16-44-17-14-34)31(40)37-22-9-7-21(8-10-22)32(41)39-15-12-24-27(35)29(33(42)43)45-28(24)23-4-2-3-5-26(23)39/h2-11H,12-19H2,1H3,(H,37,40)(H,42,43). The normalized spacial score (nSPS) is 16.8. The molecular weight excluding hydrogens is 595 g/mol. The fourth-order valence-electron chi connectivity index (χ4n) is 6.53. The monoisotopic (exact) mass is 626 g/mol. The van der Waals surface area contributed by atoms with Crippen molar-refractivity contribution in [1.29, 1.82) is 0 Å². The van der Waals surface area contributed by atoms with Crippen molar-refractivity contribution in [3.63, 3.8) is 0 Å². The quantitative estimate of drug-likeness (QED) is 0.278. The van der Waals surface area contributed by atoms with E-state index < -0.39 is 11.8 Å². The molecule has 1 spiro atoms. The van der Waals surface area contributed by atoms with Gasteiger partial charge in [0.15, 0.2) is 5.82 Å². The highest BCUT2D eigenvalue weighted by Crippen LogP contribution is 2.44. The summed E-state index contributed by atoms with van der Waals surface area (Å²) in [6.07, 6.45) is 2.21. The van der Waals surface area contributed by atoms with Crippen LogP contribution in [0.2, 0.25) is 0 Å². The van der Waals surface area contributed by atoms with E-state index in [1.807, 2.05) is 13.0 Å². The van der Waals surface area contributed by atoms with Gasteiger partial charge in [0, 0.05) is 71.2 Å². The van der Waals surface area contributed by atoms with Crippen LogP contribution < -0.4 is 15.1 Å². The Morgan fingerprint density at radius 1 is 1.02 bits per heavy atom. The van der Waals surface area contributed by atoms with Crippen LogP contribution in [0.4, 0.5) is 21.6 Å². The Kier molecular flexibility index (Phi) is 7.37. The van der Waals surface area contributed by atoms with Crippen LogP contribution in [0.1, 0.15) is 54.5 Å². The summed E-state index contributed by atoms with van der Waals surface area (Å²) < 4.78 is 20.6. The molecule has 0 atom stereocenters. The minimum absolute atomic E-state index is 0.179. The number of benzene rings is 2. The number of carbonyl (C=O) groups is 3. The van der Waals surface area contributed by atoms with Crippen molar-refractivity contribution in [3.8, 4) is 10.4 Å². The zero-order valence-corrected chi connectivity index (χ0v) is 25.5. The number of halogens is 1. The van der Waals surface area contributed by atoms with Gasteiger partial charge in [-0.15, -0.1) is 11.3 Å². The van der Waals surface area contributed by atoms with Gasteiger partial charge in [0.25, 0.3) is 11.8 Å². The molecule has 0 aliphatic carbocycles. The minimum Gasteiger partial charge on any atom is -0.477 e. The number of ether oxygens (including phenoxy) is 1. The molecule has 11 heteroatoms. The first-order chi connectivity index (χ1) is 21.7. The molecule has 0 saturated carbocycles. The van der Waals surface area contributed by atoms with E-state index in [0.717, 1.165) is 56.2 Å². The smallest absolute Gasteiger partial charge is 0.348 e. The molecule has 3 aliphatic heterocycles. The molecule has 7 rings (SSSR count). The highest BCUT2D eigenvalue weighted by atomic mass is 32.1. The van der Waals surface area contributed by atoms with Crippen LogP contribution in [-0.2, 0) is 11.2 Å². The van der Waals surface area contributed by atoms with Crippen molar-refractivity contribution in [3.05, 3.63) is 93.7 Å². The predicted molar refractivity (Wildman–Crippen MR) is 170 cm³/mol. The molecule has 9 nitrogen and oxygen atoms in total. The second-order valence-electron chi connectivity index (χ2n) is 11.9. The number of carboxylic acid groups (broad SMARTS) is 1. The summed E-state index contributed by atoms with van der Waals surface area (Å²) in [4.78, 5) is 47.4. The Bertz CT molecular complexity index is 1820. The van der Waals surface area contributed by atoms with Crippen LogP contribution in [0, 0.1) is 18.2 Å². The third kappa shape index (κ3) is 5.25. The first-order valence-corrected chi connectivity index (χ1v) is 15.7. The van der Waals surface area contributed by atoms with Crippen molar-refractivity contribution in [2.24, 2.45) is 5.41 Å². The van der Waals surface area contributed by atoms with Crippen molar-refractivity contribution < 1.29 is 28.6 Å². The van der Waals surface area contributed by atoms with Gasteiger partial charge in [-0.1, -0.05) is 18.2 Å². The molecule has 2 aromatic carbocycles. The van der Waals surface area contributed by atoms with Crippen molar-refractivity contribution >= 4 is 46.3 Å². The molecule has 45 heavy (non-hydrogen) atoms. The fourth-order valence-corrected chi connectivity index (χ4v) is 7.63. The van der Waals surface area contributed by atoms with Crippen LogP contribution in [0.3, 0.4) is 0 Å². The number of nitrogens with zero attached hydrogens (tertiary/aromatic N) is 3. The summed E-state index contributed by atoms with van der Waals surface area (Å²) in [5.74, 6) is -1.92. The van der Waals surface area contributed by atoms with E-state index in [9.17, 15) is 19.5 Å². The molecule has 0 bridgehead atoms. The number of anilines is 3. The molecule has 0 unspecified atom stereocenters. The molecule has 0 radical (unpaired) electrons. The molecule has 230 valence electrons. The van der Waals surface area contributed by atoms with Gasteiger partial charge in [-0.3, -0.25) is 9.59 Å². The number of pyridine rings is 1. The largest absolute Gasteiger partial charge is 0.477 e. The summed E-state index contributed by atoms with van der Waals surface area (Å²) in [7, 11) is 0. The Balaban J connectivity index is 1.08. The highest BCUT2D eigenvalue weighted by molar-refractivity contribution is 7.17. The average Bonchev–Trinajstić information content (AvgIpc) is 3.27. The van der Waals surface area contributed by atoms with Gasteiger partial charge in [-0.05, 0) is 68.7 Å². The van der Waals surface area contributed by atoms with Gasteiger partial charge in [0.05, 0.1) is 11.3 Å². The number of hydrogen-bond donors (Lipinski definition) is 2. The summed E-state index contributed by atoms with van der Waals surface area (Å²) in [6, 6.07) is 17.5. The number of rotatable bonds is 5. The van der Waals surface area contributed by atoms with Gasteiger partial charge in [-0.25, -0.2) is 14.2 Å². The molecule has 2 N–H and O–H groups in total. The highest BCUT2D eigenvalue weighted by Gasteiger charge is 2.45. The Labute approximate surface area is 263 Å². The number of para-hydroxylation sites is 1. The number of hydrogen-bond acceptors (Lipinski definition) is 7. The lowest BCUT2D eigenvalue weighted by Gasteiger charge is -2.53. The number of aromatic nitrogens is 1. The van der Waals surface area contributed by atoms with E-state index in [1.165, 1.54) is 0 Å². The number of amides is 2. The van der Waals surface area contributed by atoms with Gasteiger partial charge in [0.2, 0.25) is 0 Å². The van der Waals surface area contributed by atoms with Crippen LogP contribution in [0.25, 0.3) is 10.4 Å². The van der Waals surface area contributed by atoms with Gasteiger partial charge < -0.3 is 25.0 Å². The molecular formula is C34H31FN4O5S. The second kappa shape index (κ2) is 11.4. The zero-order valence-electron chi connectivity index (χ0n) is 24.6. The third-order valence-electron chi connectivity index (χ3n) is 8.96. The number of carboxylic acids is 1. The molecule has 2 aromatic heterocycles. The van der Waals surface area contributed by atoms with Crippen LogP contribution in [0.15, 0.2) is 60.7 Å². The Morgan fingerprint density at radius 3 is 2.49 bits per heavy atom. The van der Waals surface area contributed by atoms with Crippen LogP contribution >= 0.6 is 11.3 Å². The average molecular weight is 627 g/mol. The van der Waals surface area contributed by atoms with Gasteiger partial charge in [0.1, 0.15) is 10.7 Å². The first-order valence-electron chi connectivity index (χ1n) is 14.9. The molecule has 4 aromatic rings. The van der Waals surface area contributed by atoms with E-state index in [4.69, 9.17) is 9.72 Å². The summed E-state index contributed by atoms with van der Waals surface area (Å²) in [6.45, 7) is 5.34. The van der Waals surface area contributed by atoms with Crippen molar-refractivity contribution in [2.75, 3.05) is 48.0 Å². The summed E-state index contributed by atoms with van der Waals surface area (Å²) in [5.41, 5.74) is 4.02. The topological polar surface area (TPSA) is 112 Å². The molecule has 5 heterocycles. The van der Waals surface area contributed by atoms with Crippen molar-refractivity contribution in [1.82, 2.24) is 4.98 Å². The molecule has 2 saturated heterocycles. The van der Waals surface area contributed by atoms with Gasteiger partial charge >= 0.3 is 5.97 Å². The minimum atomic E-state index is -1.30. The lowest BCUT2D eigenvalue weighted by Crippen LogP contribution is -2.59. The lowest BCUT2D eigenvalue weighted by molar-refractivity contribution is -0.000520.